The zero-order valence-corrected chi connectivity index (χ0v) is 9.32. The molecule has 1 aliphatic rings. The minimum atomic E-state index is 0.358. The summed E-state index contributed by atoms with van der Waals surface area (Å²) in [4.78, 5) is 2.46. The molecule has 1 aliphatic heterocycles. The summed E-state index contributed by atoms with van der Waals surface area (Å²) >= 11 is 0. The van der Waals surface area contributed by atoms with Crippen LogP contribution in [0.4, 0.5) is 0 Å². The molecule has 1 atom stereocenters. The molecule has 1 N–H and O–H groups in total. The number of aromatic hydroxyl groups is 1. The lowest BCUT2D eigenvalue weighted by molar-refractivity contribution is 0.296. The lowest BCUT2D eigenvalue weighted by atomic mass is 10.0. The Morgan fingerprint density at radius 1 is 1.33 bits per heavy atom. The number of hydrogen-bond acceptors (Lipinski definition) is 2. The molecule has 1 fully saturated rings. The fraction of sp³-hybridized carbons (Fsp3) is 0.538. The molecule has 1 aromatic carbocycles. The molecule has 15 heavy (non-hydrogen) atoms. The molecule has 1 aromatic rings. The Kier molecular flexibility index (Phi) is 3.27. The lowest BCUT2D eigenvalue weighted by Gasteiger charge is -2.18. The van der Waals surface area contributed by atoms with Crippen LogP contribution in [0.15, 0.2) is 24.3 Å². The highest BCUT2D eigenvalue weighted by Crippen LogP contribution is 2.20. The first-order valence-electron chi connectivity index (χ1n) is 5.74. The SMILES string of the molecule is CN1CCCC1CCc1ccc(O)cc1. The Labute approximate surface area is 91.5 Å². The van der Waals surface area contributed by atoms with Gasteiger partial charge in [-0.2, -0.15) is 0 Å². The third-order valence-electron chi connectivity index (χ3n) is 3.37. The van der Waals surface area contributed by atoms with Gasteiger partial charge in [0.05, 0.1) is 0 Å². The molecule has 1 saturated heterocycles. The Hall–Kier alpha value is -1.02. The first-order valence-corrected chi connectivity index (χ1v) is 5.74. The molecule has 0 bridgehead atoms. The van der Waals surface area contributed by atoms with Crippen LogP contribution in [0.2, 0.25) is 0 Å². The van der Waals surface area contributed by atoms with Gasteiger partial charge in [-0.25, -0.2) is 0 Å². The van der Waals surface area contributed by atoms with E-state index < -0.39 is 0 Å². The number of phenols is 1. The van der Waals surface area contributed by atoms with Crippen LogP contribution in [0.25, 0.3) is 0 Å². The van der Waals surface area contributed by atoms with E-state index in [0.717, 1.165) is 12.5 Å². The second kappa shape index (κ2) is 4.67. The maximum Gasteiger partial charge on any atom is 0.115 e. The van der Waals surface area contributed by atoms with Crippen molar-refractivity contribution in [1.82, 2.24) is 4.90 Å². The van der Waals surface area contributed by atoms with Crippen molar-refractivity contribution in [1.29, 1.82) is 0 Å². The Morgan fingerprint density at radius 2 is 2.07 bits per heavy atom. The topological polar surface area (TPSA) is 23.5 Å². The summed E-state index contributed by atoms with van der Waals surface area (Å²) in [6, 6.07) is 8.34. The Morgan fingerprint density at radius 3 is 2.67 bits per heavy atom. The largest absolute Gasteiger partial charge is 0.508 e. The van der Waals surface area contributed by atoms with E-state index in [-0.39, 0.29) is 0 Å². The predicted molar refractivity (Wildman–Crippen MR) is 62.1 cm³/mol. The van der Waals surface area contributed by atoms with E-state index in [2.05, 4.69) is 11.9 Å². The monoisotopic (exact) mass is 205 g/mol. The molecule has 2 rings (SSSR count). The molecule has 0 aromatic heterocycles. The van der Waals surface area contributed by atoms with E-state index >= 15 is 0 Å². The van der Waals surface area contributed by atoms with Gasteiger partial charge >= 0.3 is 0 Å². The fourth-order valence-electron chi connectivity index (χ4n) is 2.34. The van der Waals surface area contributed by atoms with E-state index in [0.29, 0.717) is 5.75 Å². The number of aryl methyl sites for hydroxylation is 1. The van der Waals surface area contributed by atoms with Crippen LogP contribution in [0.1, 0.15) is 24.8 Å². The van der Waals surface area contributed by atoms with Gasteiger partial charge in [0.25, 0.3) is 0 Å². The number of rotatable bonds is 3. The molecule has 82 valence electrons. The van der Waals surface area contributed by atoms with Gasteiger partial charge < -0.3 is 10.0 Å². The third-order valence-corrected chi connectivity index (χ3v) is 3.37. The van der Waals surface area contributed by atoms with Crippen LogP contribution in [-0.4, -0.2) is 29.6 Å². The number of nitrogens with zero attached hydrogens (tertiary/aromatic N) is 1. The van der Waals surface area contributed by atoms with Crippen LogP contribution in [0.3, 0.4) is 0 Å². The van der Waals surface area contributed by atoms with Crippen molar-refractivity contribution >= 4 is 0 Å². The molecule has 0 radical (unpaired) electrons. The fourth-order valence-corrected chi connectivity index (χ4v) is 2.34. The van der Waals surface area contributed by atoms with E-state index in [1.807, 2.05) is 12.1 Å². The molecular weight excluding hydrogens is 186 g/mol. The minimum absolute atomic E-state index is 0.358. The molecule has 1 unspecified atom stereocenters. The average Bonchev–Trinajstić information content (AvgIpc) is 2.63. The van der Waals surface area contributed by atoms with Gasteiger partial charge in [-0.3, -0.25) is 0 Å². The quantitative estimate of drug-likeness (QED) is 0.819. The maximum atomic E-state index is 9.17. The van der Waals surface area contributed by atoms with Gasteiger partial charge in [0.1, 0.15) is 5.75 Å². The highest BCUT2D eigenvalue weighted by atomic mass is 16.3. The van der Waals surface area contributed by atoms with Crippen molar-refractivity contribution in [3.8, 4) is 5.75 Å². The molecule has 2 heteroatoms. The minimum Gasteiger partial charge on any atom is -0.508 e. The first kappa shape index (κ1) is 10.5. The van der Waals surface area contributed by atoms with Gasteiger partial charge in [-0.1, -0.05) is 12.1 Å². The lowest BCUT2D eigenvalue weighted by Crippen LogP contribution is -2.25. The van der Waals surface area contributed by atoms with Crippen LogP contribution in [0, 0.1) is 0 Å². The van der Waals surface area contributed by atoms with Crippen molar-refractivity contribution in [2.75, 3.05) is 13.6 Å². The second-order valence-electron chi connectivity index (χ2n) is 4.48. The third kappa shape index (κ3) is 2.72. The number of likely N-dealkylation sites (tertiary alicyclic amines) is 1. The van der Waals surface area contributed by atoms with E-state index in [1.165, 1.54) is 31.4 Å². The van der Waals surface area contributed by atoms with E-state index in [9.17, 15) is 5.11 Å². The normalized spacial score (nSPS) is 22.1. The van der Waals surface area contributed by atoms with Crippen molar-refractivity contribution in [3.05, 3.63) is 29.8 Å². The molecular formula is C13H19NO. The van der Waals surface area contributed by atoms with E-state index in [4.69, 9.17) is 0 Å². The van der Waals surface area contributed by atoms with Crippen molar-refractivity contribution in [3.63, 3.8) is 0 Å². The van der Waals surface area contributed by atoms with Gasteiger partial charge in [-0.15, -0.1) is 0 Å². The molecule has 0 aliphatic carbocycles. The summed E-state index contributed by atoms with van der Waals surface area (Å²) in [7, 11) is 2.22. The number of hydrogen-bond donors (Lipinski definition) is 1. The number of phenolic OH excluding ortho intramolecular Hbond substituents is 1. The zero-order valence-electron chi connectivity index (χ0n) is 9.32. The Bertz CT molecular complexity index is 307. The van der Waals surface area contributed by atoms with Gasteiger partial charge in [-0.05, 0) is 57.0 Å². The highest BCUT2D eigenvalue weighted by molar-refractivity contribution is 5.25. The molecule has 0 amide bonds. The van der Waals surface area contributed by atoms with Gasteiger partial charge in [0, 0.05) is 6.04 Å². The van der Waals surface area contributed by atoms with Crippen molar-refractivity contribution in [2.45, 2.75) is 31.7 Å². The summed E-state index contributed by atoms with van der Waals surface area (Å²) in [5.41, 5.74) is 1.33. The highest BCUT2D eigenvalue weighted by Gasteiger charge is 2.19. The maximum absolute atomic E-state index is 9.17. The standard InChI is InChI=1S/C13H19NO/c1-14-10-2-3-12(14)7-4-11-5-8-13(15)9-6-11/h5-6,8-9,12,15H,2-4,7,10H2,1H3. The molecule has 0 saturated carbocycles. The summed E-state index contributed by atoms with van der Waals surface area (Å²) < 4.78 is 0. The average molecular weight is 205 g/mol. The van der Waals surface area contributed by atoms with Crippen LogP contribution < -0.4 is 0 Å². The second-order valence-corrected chi connectivity index (χ2v) is 4.48. The summed E-state index contributed by atoms with van der Waals surface area (Å²) in [5, 5.41) is 9.17. The molecule has 2 nitrogen and oxygen atoms in total. The number of benzene rings is 1. The summed E-state index contributed by atoms with van der Waals surface area (Å²) in [6.45, 7) is 1.25. The first-order chi connectivity index (χ1) is 7.25. The van der Waals surface area contributed by atoms with Gasteiger partial charge in [0.15, 0.2) is 0 Å². The summed E-state index contributed by atoms with van der Waals surface area (Å²) in [6.07, 6.45) is 5.04. The van der Waals surface area contributed by atoms with Crippen molar-refractivity contribution < 1.29 is 5.11 Å². The predicted octanol–water partition coefficient (Wildman–Crippen LogP) is 2.42. The van der Waals surface area contributed by atoms with Crippen LogP contribution in [-0.2, 0) is 6.42 Å². The van der Waals surface area contributed by atoms with Crippen molar-refractivity contribution in [2.24, 2.45) is 0 Å². The van der Waals surface area contributed by atoms with Crippen LogP contribution >= 0.6 is 0 Å². The Balaban J connectivity index is 1.85. The smallest absolute Gasteiger partial charge is 0.115 e. The molecule has 1 heterocycles. The van der Waals surface area contributed by atoms with Crippen LogP contribution in [0.5, 0.6) is 5.75 Å². The van der Waals surface area contributed by atoms with Gasteiger partial charge in [0.2, 0.25) is 0 Å². The molecule has 0 spiro atoms. The van der Waals surface area contributed by atoms with E-state index in [1.54, 1.807) is 12.1 Å². The summed E-state index contributed by atoms with van der Waals surface area (Å²) in [5.74, 6) is 0.358. The zero-order chi connectivity index (χ0) is 10.7.